The second-order valence-corrected chi connectivity index (χ2v) is 6.25. The van der Waals surface area contributed by atoms with E-state index in [1.807, 2.05) is 34.8 Å². The molecule has 1 saturated heterocycles. The Balaban J connectivity index is 1.87. The molecule has 0 spiro atoms. The Bertz CT molecular complexity index is 657. The van der Waals surface area contributed by atoms with E-state index in [0.717, 1.165) is 43.1 Å². The summed E-state index contributed by atoms with van der Waals surface area (Å²) in [6, 6.07) is 3.77. The van der Waals surface area contributed by atoms with Gasteiger partial charge in [-0.3, -0.25) is 9.89 Å². The Hall–Kier alpha value is -2.11. The van der Waals surface area contributed by atoms with E-state index in [2.05, 4.69) is 29.0 Å². The van der Waals surface area contributed by atoms with Gasteiger partial charge in [0.05, 0.1) is 6.04 Å². The maximum absolute atomic E-state index is 12.8. The molecule has 0 saturated carbocycles. The first-order valence-corrected chi connectivity index (χ1v) is 7.92. The summed E-state index contributed by atoms with van der Waals surface area (Å²) in [5.41, 5.74) is 0.718. The summed E-state index contributed by atoms with van der Waals surface area (Å²) in [6.45, 7) is 4.91. The number of hydrogen-bond donors (Lipinski definition) is 1. The van der Waals surface area contributed by atoms with Crippen LogP contribution in [0, 0.1) is 0 Å². The van der Waals surface area contributed by atoms with Crippen molar-refractivity contribution < 1.29 is 4.79 Å². The molecule has 1 aliphatic rings. The molecular formula is C16H23N5O. The summed E-state index contributed by atoms with van der Waals surface area (Å²) >= 11 is 0. The highest BCUT2D eigenvalue weighted by molar-refractivity contribution is 5.93. The van der Waals surface area contributed by atoms with Crippen molar-refractivity contribution in [3.63, 3.8) is 0 Å². The molecule has 0 aromatic carbocycles. The average molecular weight is 301 g/mol. The summed E-state index contributed by atoms with van der Waals surface area (Å²) in [5, 5.41) is 7.33. The lowest BCUT2D eigenvalue weighted by Gasteiger charge is -2.34. The Morgan fingerprint density at radius 1 is 1.41 bits per heavy atom. The van der Waals surface area contributed by atoms with Crippen LogP contribution in [0.3, 0.4) is 0 Å². The number of nitrogens with zero attached hydrogens (tertiary/aromatic N) is 4. The first kappa shape index (κ1) is 14.8. The van der Waals surface area contributed by atoms with Gasteiger partial charge in [0.2, 0.25) is 0 Å². The Morgan fingerprint density at radius 3 is 2.86 bits per heavy atom. The van der Waals surface area contributed by atoms with Gasteiger partial charge in [-0.2, -0.15) is 5.10 Å². The number of aryl methyl sites for hydroxylation is 1. The van der Waals surface area contributed by atoms with Gasteiger partial charge in [0.25, 0.3) is 5.91 Å². The SMILES string of the molecule is CC(C)c1n[nH]c([C@H]2CCCCN2C(=O)c2cccn2C)n1. The molecule has 2 aromatic rings. The number of H-pyrrole nitrogens is 1. The second kappa shape index (κ2) is 5.94. The molecule has 6 nitrogen and oxygen atoms in total. The van der Waals surface area contributed by atoms with Crippen LogP contribution in [0.4, 0.5) is 0 Å². The minimum absolute atomic E-state index is 0.00356. The third-order valence-electron chi connectivity index (χ3n) is 4.28. The summed E-state index contributed by atoms with van der Waals surface area (Å²) < 4.78 is 1.87. The molecule has 0 radical (unpaired) electrons. The van der Waals surface area contributed by atoms with Crippen molar-refractivity contribution in [2.24, 2.45) is 7.05 Å². The van der Waals surface area contributed by atoms with Gasteiger partial charge in [-0.1, -0.05) is 13.8 Å². The topological polar surface area (TPSA) is 66.8 Å². The van der Waals surface area contributed by atoms with Crippen LogP contribution in [0.5, 0.6) is 0 Å². The van der Waals surface area contributed by atoms with Crippen LogP contribution >= 0.6 is 0 Å². The number of piperidine rings is 1. The minimum atomic E-state index is -0.00356. The maximum Gasteiger partial charge on any atom is 0.271 e. The standard InChI is InChI=1S/C16H23N5O/c1-11(2)14-17-15(19-18-14)12-7-4-5-10-21(12)16(22)13-8-6-9-20(13)3/h6,8-9,11-12H,4-5,7,10H2,1-3H3,(H,17,18,19)/t12-/m1/s1. The highest BCUT2D eigenvalue weighted by Gasteiger charge is 2.32. The van der Waals surface area contributed by atoms with Gasteiger partial charge in [-0.15, -0.1) is 0 Å². The molecule has 0 unspecified atom stereocenters. The van der Waals surface area contributed by atoms with E-state index >= 15 is 0 Å². The second-order valence-electron chi connectivity index (χ2n) is 6.25. The van der Waals surface area contributed by atoms with Crippen LogP contribution in [0.2, 0.25) is 0 Å². The number of rotatable bonds is 3. The number of carbonyl (C=O) groups excluding carboxylic acids is 1. The highest BCUT2D eigenvalue weighted by atomic mass is 16.2. The molecule has 0 bridgehead atoms. The zero-order chi connectivity index (χ0) is 15.7. The van der Waals surface area contributed by atoms with Crippen molar-refractivity contribution in [2.75, 3.05) is 6.54 Å². The first-order valence-electron chi connectivity index (χ1n) is 7.92. The van der Waals surface area contributed by atoms with Crippen molar-refractivity contribution in [1.29, 1.82) is 0 Å². The predicted octanol–water partition coefficient (Wildman–Crippen LogP) is 2.63. The Kier molecular flexibility index (Phi) is 4.00. The molecule has 1 fully saturated rings. The van der Waals surface area contributed by atoms with E-state index in [1.54, 1.807) is 0 Å². The monoisotopic (exact) mass is 301 g/mol. The molecule has 3 rings (SSSR count). The molecular weight excluding hydrogens is 278 g/mol. The third kappa shape index (κ3) is 2.65. The van der Waals surface area contributed by atoms with Gasteiger partial charge < -0.3 is 9.47 Å². The zero-order valence-corrected chi connectivity index (χ0v) is 13.4. The van der Waals surface area contributed by atoms with Gasteiger partial charge >= 0.3 is 0 Å². The molecule has 1 amide bonds. The van der Waals surface area contributed by atoms with Crippen molar-refractivity contribution in [3.05, 3.63) is 35.7 Å². The fourth-order valence-electron chi connectivity index (χ4n) is 2.98. The summed E-state index contributed by atoms with van der Waals surface area (Å²) in [6.07, 6.45) is 4.98. The van der Waals surface area contributed by atoms with Gasteiger partial charge in [0.1, 0.15) is 11.5 Å². The van der Waals surface area contributed by atoms with Gasteiger partial charge in [-0.05, 0) is 31.4 Å². The quantitative estimate of drug-likeness (QED) is 0.947. The normalized spacial score (nSPS) is 18.9. The van der Waals surface area contributed by atoms with Crippen molar-refractivity contribution in [3.8, 4) is 0 Å². The molecule has 118 valence electrons. The van der Waals surface area contributed by atoms with Gasteiger partial charge in [-0.25, -0.2) is 4.98 Å². The van der Waals surface area contributed by atoms with Crippen LogP contribution in [0.15, 0.2) is 18.3 Å². The van der Waals surface area contributed by atoms with Crippen molar-refractivity contribution >= 4 is 5.91 Å². The van der Waals surface area contributed by atoms with E-state index in [-0.39, 0.29) is 17.9 Å². The van der Waals surface area contributed by atoms with Crippen LogP contribution in [-0.4, -0.2) is 37.1 Å². The summed E-state index contributed by atoms with van der Waals surface area (Å²) in [7, 11) is 1.90. The van der Waals surface area contributed by atoms with Crippen LogP contribution in [0.1, 0.15) is 67.2 Å². The lowest BCUT2D eigenvalue weighted by Crippen LogP contribution is -2.39. The number of likely N-dealkylation sites (tertiary alicyclic amines) is 1. The Labute approximate surface area is 130 Å². The molecule has 1 aliphatic heterocycles. The number of amides is 1. The number of aromatic amines is 1. The number of nitrogens with one attached hydrogen (secondary N) is 1. The van der Waals surface area contributed by atoms with Crippen molar-refractivity contribution in [1.82, 2.24) is 24.6 Å². The smallest absolute Gasteiger partial charge is 0.271 e. The van der Waals surface area contributed by atoms with E-state index < -0.39 is 0 Å². The maximum atomic E-state index is 12.8. The lowest BCUT2D eigenvalue weighted by atomic mass is 10.0. The average Bonchev–Trinajstić information content (AvgIpc) is 3.15. The minimum Gasteiger partial charge on any atom is -0.347 e. The van der Waals surface area contributed by atoms with Crippen LogP contribution in [0.25, 0.3) is 0 Å². The van der Waals surface area contributed by atoms with E-state index in [9.17, 15) is 4.79 Å². The number of carbonyl (C=O) groups is 1. The first-order chi connectivity index (χ1) is 10.6. The molecule has 1 atom stereocenters. The predicted molar refractivity (Wildman–Crippen MR) is 83.5 cm³/mol. The molecule has 6 heteroatoms. The molecule has 3 heterocycles. The van der Waals surface area contributed by atoms with Gasteiger partial charge in [0, 0.05) is 25.7 Å². The van der Waals surface area contributed by atoms with Crippen LogP contribution < -0.4 is 0 Å². The molecule has 2 aromatic heterocycles. The number of hydrogen-bond acceptors (Lipinski definition) is 3. The lowest BCUT2D eigenvalue weighted by molar-refractivity contribution is 0.0590. The zero-order valence-electron chi connectivity index (χ0n) is 13.4. The van der Waals surface area contributed by atoms with Crippen LogP contribution in [-0.2, 0) is 7.05 Å². The number of aromatic nitrogens is 4. The highest BCUT2D eigenvalue weighted by Crippen LogP contribution is 2.30. The largest absolute Gasteiger partial charge is 0.347 e. The van der Waals surface area contributed by atoms with E-state index in [4.69, 9.17) is 0 Å². The van der Waals surface area contributed by atoms with E-state index in [1.165, 1.54) is 0 Å². The molecule has 1 N–H and O–H groups in total. The van der Waals surface area contributed by atoms with E-state index in [0.29, 0.717) is 0 Å². The summed E-state index contributed by atoms with van der Waals surface area (Å²) in [5.74, 6) is 1.98. The molecule has 22 heavy (non-hydrogen) atoms. The Morgan fingerprint density at radius 2 is 2.23 bits per heavy atom. The fourth-order valence-corrected chi connectivity index (χ4v) is 2.98. The third-order valence-corrected chi connectivity index (χ3v) is 4.28. The van der Waals surface area contributed by atoms with Crippen molar-refractivity contribution in [2.45, 2.75) is 45.1 Å². The fraction of sp³-hybridized carbons (Fsp3) is 0.562. The summed E-state index contributed by atoms with van der Waals surface area (Å²) in [4.78, 5) is 19.4. The van der Waals surface area contributed by atoms with Gasteiger partial charge in [0.15, 0.2) is 5.82 Å². The molecule has 0 aliphatic carbocycles.